The SMILES string of the molecule is Nc1nnc(-c2ccccc2OCc2ccccc2)cc1N1C[C@H]2CC[C@@H](C1)N2. The van der Waals surface area contributed by atoms with Crippen LogP contribution < -0.4 is 20.7 Å². The maximum atomic E-state index is 6.22. The highest BCUT2D eigenvalue weighted by atomic mass is 16.5. The van der Waals surface area contributed by atoms with Crippen molar-refractivity contribution in [2.75, 3.05) is 23.7 Å². The third kappa shape index (κ3) is 3.76. The molecule has 2 atom stereocenters. The number of nitrogen functional groups attached to an aromatic ring is 1. The standard InChI is InChI=1S/C23H25N5O/c24-23-21(28-13-17-10-11-18(14-28)25-17)12-20(26-27-23)19-8-4-5-9-22(19)29-15-16-6-2-1-3-7-16/h1-9,12,17-18,25H,10-11,13-15H2,(H2,24,27)/t17-,18+. The van der Waals surface area contributed by atoms with Gasteiger partial charge in [-0.3, -0.25) is 0 Å². The molecule has 6 heteroatoms. The molecule has 2 saturated heterocycles. The lowest BCUT2D eigenvalue weighted by Crippen LogP contribution is -2.51. The zero-order valence-corrected chi connectivity index (χ0v) is 16.3. The van der Waals surface area contributed by atoms with E-state index in [4.69, 9.17) is 10.5 Å². The number of para-hydroxylation sites is 1. The van der Waals surface area contributed by atoms with E-state index in [2.05, 4.69) is 38.6 Å². The number of nitrogens with zero attached hydrogens (tertiary/aromatic N) is 3. The van der Waals surface area contributed by atoms with E-state index in [1.54, 1.807) is 0 Å². The van der Waals surface area contributed by atoms with Crippen LogP contribution in [0.25, 0.3) is 11.3 Å². The van der Waals surface area contributed by atoms with Gasteiger partial charge in [0.1, 0.15) is 12.4 Å². The summed E-state index contributed by atoms with van der Waals surface area (Å²) < 4.78 is 6.11. The second-order valence-electron chi connectivity index (χ2n) is 7.81. The number of nitrogens with two attached hydrogens (primary N) is 1. The number of hydrogen-bond acceptors (Lipinski definition) is 6. The van der Waals surface area contributed by atoms with Crippen molar-refractivity contribution < 1.29 is 4.74 Å². The first kappa shape index (κ1) is 17.9. The third-order valence-electron chi connectivity index (χ3n) is 5.76. The molecule has 0 amide bonds. The number of aromatic nitrogens is 2. The van der Waals surface area contributed by atoms with Crippen LogP contribution >= 0.6 is 0 Å². The van der Waals surface area contributed by atoms with E-state index in [1.807, 2.05) is 42.5 Å². The van der Waals surface area contributed by atoms with Crippen molar-refractivity contribution in [2.45, 2.75) is 31.5 Å². The van der Waals surface area contributed by atoms with Crippen LogP contribution in [0.4, 0.5) is 11.5 Å². The Hall–Kier alpha value is -3.12. The van der Waals surface area contributed by atoms with Crippen molar-refractivity contribution in [1.29, 1.82) is 0 Å². The van der Waals surface area contributed by atoms with Gasteiger partial charge in [0.25, 0.3) is 0 Å². The Bertz CT molecular complexity index is 982. The molecule has 0 saturated carbocycles. The van der Waals surface area contributed by atoms with E-state index in [0.29, 0.717) is 24.5 Å². The normalized spacial score (nSPS) is 20.6. The molecular weight excluding hydrogens is 362 g/mol. The van der Waals surface area contributed by atoms with Gasteiger partial charge >= 0.3 is 0 Å². The van der Waals surface area contributed by atoms with Gasteiger partial charge < -0.3 is 20.7 Å². The van der Waals surface area contributed by atoms with Gasteiger partial charge in [0.2, 0.25) is 0 Å². The zero-order chi connectivity index (χ0) is 19.6. The number of ether oxygens (including phenoxy) is 1. The molecule has 0 aliphatic carbocycles. The Morgan fingerprint density at radius 3 is 2.48 bits per heavy atom. The minimum Gasteiger partial charge on any atom is -0.488 e. The van der Waals surface area contributed by atoms with E-state index in [1.165, 1.54) is 12.8 Å². The molecule has 3 heterocycles. The number of anilines is 2. The summed E-state index contributed by atoms with van der Waals surface area (Å²) >= 11 is 0. The molecule has 1 aromatic heterocycles. The minimum absolute atomic E-state index is 0.484. The smallest absolute Gasteiger partial charge is 0.169 e. The quantitative estimate of drug-likeness (QED) is 0.700. The summed E-state index contributed by atoms with van der Waals surface area (Å²) in [6, 6.07) is 21.2. The average molecular weight is 387 g/mol. The predicted molar refractivity (Wildman–Crippen MR) is 115 cm³/mol. The van der Waals surface area contributed by atoms with Gasteiger partial charge in [-0.05, 0) is 36.6 Å². The molecule has 29 heavy (non-hydrogen) atoms. The van der Waals surface area contributed by atoms with Crippen LogP contribution in [0.15, 0.2) is 60.7 Å². The maximum Gasteiger partial charge on any atom is 0.169 e. The molecule has 0 unspecified atom stereocenters. The van der Waals surface area contributed by atoms with Crippen molar-refractivity contribution in [1.82, 2.24) is 15.5 Å². The van der Waals surface area contributed by atoms with Crippen LogP contribution in [0.5, 0.6) is 5.75 Å². The Labute approximate surface area is 170 Å². The Kier molecular flexibility index (Phi) is 4.77. The average Bonchev–Trinajstić information content (AvgIpc) is 3.11. The Morgan fingerprint density at radius 1 is 0.966 bits per heavy atom. The van der Waals surface area contributed by atoms with Gasteiger partial charge in [0.15, 0.2) is 5.82 Å². The number of piperazine rings is 1. The summed E-state index contributed by atoms with van der Waals surface area (Å²) in [7, 11) is 0. The molecule has 3 aromatic rings. The molecule has 2 aliphatic rings. The van der Waals surface area contributed by atoms with Crippen molar-refractivity contribution in [3.63, 3.8) is 0 Å². The lowest BCUT2D eigenvalue weighted by atomic mass is 10.1. The summed E-state index contributed by atoms with van der Waals surface area (Å²) in [5.74, 6) is 1.28. The highest BCUT2D eigenvalue weighted by Gasteiger charge is 2.33. The molecule has 6 nitrogen and oxygen atoms in total. The summed E-state index contributed by atoms with van der Waals surface area (Å²) in [6.07, 6.45) is 2.45. The van der Waals surface area contributed by atoms with E-state index in [9.17, 15) is 0 Å². The lowest BCUT2D eigenvalue weighted by Gasteiger charge is -2.34. The third-order valence-corrected chi connectivity index (χ3v) is 5.76. The van der Waals surface area contributed by atoms with Crippen LogP contribution in [0.3, 0.4) is 0 Å². The maximum absolute atomic E-state index is 6.22. The van der Waals surface area contributed by atoms with Crippen molar-refractivity contribution in [3.05, 3.63) is 66.2 Å². The van der Waals surface area contributed by atoms with Crippen LogP contribution in [-0.4, -0.2) is 35.4 Å². The van der Waals surface area contributed by atoms with E-state index >= 15 is 0 Å². The van der Waals surface area contributed by atoms with Gasteiger partial charge in [-0.1, -0.05) is 42.5 Å². The van der Waals surface area contributed by atoms with Crippen LogP contribution in [0, 0.1) is 0 Å². The monoisotopic (exact) mass is 387 g/mol. The summed E-state index contributed by atoms with van der Waals surface area (Å²) in [5, 5.41) is 12.3. The van der Waals surface area contributed by atoms with Crippen molar-refractivity contribution in [2.24, 2.45) is 0 Å². The molecule has 2 bridgehead atoms. The van der Waals surface area contributed by atoms with Gasteiger partial charge in [0.05, 0.1) is 11.4 Å². The van der Waals surface area contributed by atoms with E-state index in [-0.39, 0.29) is 0 Å². The van der Waals surface area contributed by atoms with Crippen molar-refractivity contribution >= 4 is 11.5 Å². The fourth-order valence-electron chi connectivity index (χ4n) is 4.31. The molecule has 2 aromatic carbocycles. The highest BCUT2D eigenvalue weighted by molar-refractivity contribution is 5.74. The van der Waals surface area contributed by atoms with Crippen LogP contribution in [0.1, 0.15) is 18.4 Å². The van der Waals surface area contributed by atoms with Gasteiger partial charge in [-0.2, -0.15) is 0 Å². The van der Waals surface area contributed by atoms with E-state index in [0.717, 1.165) is 41.3 Å². The molecule has 0 radical (unpaired) electrons. The highest BCUT2D eigenvalue weighted by Crippen LogP contribution is 2.34. The second kappa shape index (κ2) is 7.72. The zero-order valence-electron chi connectivity index (χ0n) is 16.3. The van der Waals surface area contributed by atoms with Gasteiger partial charge in [-0.15, -0.1) is 10.2 Å². The molecule has 2 fully saturated rings. The van der Waals surface area contributed by atoms with Gasteiger partial charge in [-0.25, -0.2) is 0 Å². The molecule has 3 N–H and O–H groups in total. The van der Waals surface area contributed by atoms with Crippen LogP contribution in [-0.2, 0) is 6.61 Å². The minimum atomic E-state index is 0.484. The molecule has 148 valence electrons. The number of hydrogen-bond donors (Lipinski definition) is 2. The summed E-state index contributed by atoms with van der Waals surface area (Å²) in [4.78, 5) is 2.35. The first-order valence-electron chi connectivity index (χ1n) is 10.2. The topological polar surface area (TPSA) is 76.3 Å². The molecule has 5 rings (SSSR count). The number of fused-ring (bicyclic) bond motifs is 2. The number of benzene rings is 2. The first-order chi connectivity index (χ1) is 14.3. The molecule has 0 spiro atoms. The molecular formula is C23H25N5O. The lowest BCUT2D eigenvalue weighted by molar-refractivity contribution is 0.307. The fraction of sp³-hybridized carbons (Fsp3) is 0.304. The fourth-order valence-corrected chi connectivity index (χ4v) is 4.31. The van der Waals surface area contributed by atoms with Gasteiger partial charge in [0, 0.05) is 30.7 Å². The number of nitrogens with one attached hydrogen (secondary N) is 1. The Balaban J connectivity index is 1.42. The summed E-state index contributed by atoms with van der Waals surface area (Å²) in [5.41, 5.74) is 10.0. The first-order valence-corrected chi connectivity index (χ1v) is 10.2. The van der Waals surface area contributed by atoms with Crippen molar-refractivity contribution in [3.8, 4) is 17.0 Å². The largest absolute Gasteiger partial charge is 0.488 e. The summed E-state index contributed by atoms with van der Waals surface area (Å²) in [6.45, 7) is 2.42. The molecule has 2 aliphatic heterocycles. The second-order valence-corrected chi connectivity index (χ2v) is 7.81. The number of rotatable bonds is 5. The van der Waals surface area contributed by atoms with E-state index < -0.39 is 0 Å². The Morgan fingerprint density at radius 2 is 1.69 bits per heavy atom. The predicted octanol–water partition coefficient (Wildman–Crippen LogP) is 3.25. The van der Waals surface area contributed by atoms with Crippen LogP contribution in [0.2, 0.25) is 0 Å².